The third-order valence-electron chi connectivity index (χ3n) is 2.28. The summed E-state index contributed by atoms with van der Waals surface area (Å²) in [5.74, 6) is -0.107. The second-order valence-electron chi connectivity index (χ2n) is 3.53. The monoisotopic (exact) mass is 197 g/mol. The van der Waals surface area contributed by atoms with Crippen LogP contribution in [0.2, 0.25) is 0 Å². The second-order valence-corrected chi connectivity index (χ2v) is 3.53. The first kappa shape index (κ1) is 11.2. The molecule has 0 aromatic carbocycles. The van der Waals surface area contributed by atoms with Crippen molar-refractivity contribution in [2.45, 2.75) is 32.7 Å². The first-order valence-corrected chi connectivity index (χ1v) is 5.28. The number of ether oxygens (including phenoxy) is 1. The Hall–Kier alpha value is -0.830. The molecule has 0 bridgehead atoms. The van der Waals surface area contributed by atoms with E-state index in [9.17, 15) is 4.79 Å². The number of carbonyl (C=O) groups excluding carboxylic acids is 1. The minimum atomic E-state index is -0.107. The normalized spacial score (nSPS) is 16.5. The van der Waals surface area contributed by atoms with Crippen molar-refractivity contribution in [3.05, 3.63) is 12.2 Å². The first-order valence-electron chi connectivity index (χ1n) is 5.28. The smallest absolute Gasteiger partial charge is 0.320 e. The fourth-order valence-electron chi connectivity index (χ4n) is 1.40. The summed E-state index contributed by atoms with van der Waals surface area (Å²) in [6.07, 6.45) is 6.53. The Labute approximate surface area is 85.7 Å². The van der Waals surface area contributed by atoms with Crippen molar-refractivity contribution >= 4 is 5.97 Å². The lowest BCUT2D eigenvalue weighted by Crippen LogP contribution is -2.33. The fourth-order valence-corrected chi connectivity index (χ4v) is 1.40. The predicted octanol–water partition coefficient (Wildman–Crippen LogP) is 1.59. The molecule has 1 saturated carbocycles. The van der Waals surface area contributed by atoms with Crippen LogP contribution >= 0.6 is 0 Å². The van der Waals surface area contributed by atoms with Crippen LogP contribution in [0.15, 0.2) is 12.2 Å². The number of nitrogens with zero attached hydrogens (tertiary/aromatic N) is 1. The molecule has 0 aromatic rings. The van der Waals surface area contributed by atoms with Gasteiger partial charge >= 0.3 is 5.97 Å². The lowest BCUT2D eigenvalue weighted by molar-refractivity contribution is -0.144. The first-order chi connectivity index (χ1) is 6.77. The molecule has 0 atom stereocenters. The maximum absolute atomic E-state index is 11.3. The Morgan fingerprint density at radius 1 is 1.57 bits per heavy atom. The molecular weight excluding hydrogens is 178 g/mol. The van der Waals surface area contributed by atoms with Crippen molar-refractivity contribution in [1.82, 2.24) is 4.90 Å². The van der Waals surface area contributed by atoms with E-state index in [2.05, 4.69) is 11.0 Å². The van der Waals surface area contributed by atoms with Gasteiger partial charge in [0, 0.05) is 12.6 Å². The highest BCUT2D eigenvalue weighted by Gasteiger charge is 2.29. The maximum atomic E-state index is 11.3. The zero-order chi connectivity index (χ0) is 10.4. The summed E-state index contributed by atoms with van der Waals surface area (Å²) in [6.45, 7) is 5.60. The molecule has 80 valence electrons. The molecule has 3 heteroatoms. The number of hydrogen-bond acceptors (Lipinski definition) is 3. The van der Waals surface area contributed by atoms with Crippen LogP contribution in [0.25, 0.3) is 0 Å². The maximum Gasteiger partial charge on any atom is 0.320 e. The lowest BCUT2D eigenvalue weighted by Gasteiger charge is -2.18. The number of esters is 1. The van der Waals surface area contributed by atoms with Crippen molar-refractivity contribution in [2.75, 3.05) is 19.7 Å². The van der Waals surface area contributed by atoms with Crippen molar-refractivity contribution in [3.63, 3.8) is 0 Å². The van der Waals surface area contributed by atoms with E-state index in [0.717, 1.165) is 6.54 Å². The molecule has 1 rings (SSSR count). The average molecular weight is 197 g/mol. The molecular formula is C11H19NO2. The molecule has 1 aliphatic rings. The van der Waals surface area contributed by atoms with Gasteiger partial charge in [-0.25, -0.2) is 0 Å². The van der Waals surface area contributed by atoms with Crippen LogP contribution in [0, 0.1) is 0 Å². The van der Waals surface area contributed by atoms with Gasteiger partial charge in [-0.15, -0.1) is 0 Å². The molecule has 3 nitrogen and oxygen atoms in total. The van der Waals surface area contributed by atoms with Crippen molar-refractivity contribution in [1.29, 1.82) is 0 Å². The molecule has 0 heterocycles. The van der Waals surface area contributed by atoms with Gasteiger partial charge < -0.3 is 4.74 Å². The SMILES string of the molecule is CC=CCN(CC(=O)OCC)C1CC1. The standard InChI is InChI=1S/C11H19NO2/c1-3-5-8-12(10-6-7-10)9-11(13)14-4-2/h3,5,10H,4,6-9H2,1-2H3. The highest BCUT2D eigenvalue weighted by molar-refractivity contribution is 5.71. The van der Waals surface area contributed by atoms with Gasteiger partial charge in [-0.1, -0.05) is 12.2 Å². The lowest BCUT2D eigenvalue weighted by atomic mass is 10.4. The van der Waals surface area contributed by atoms with E-state index in [1.165, 1.54) is 12.8 Å². The van der Waals surface area contributed by atoms with Gasteiger partial charge in [-0.2, -0.15) is 0 Å². The second kappa shape index (κ2) is 5.81. The molecule has 14 heavy (non-hydrogen) atoms. The van der Waals surface area contributed by atoms with E-state index >= 15 is 0 Å². The van der Waals surface area contributed by atoms with E-state index in [1.807, 2.05) is 19.9 Å². The fraction of sp³-hybridized carbons (Fsp3) is 0.727. The number of carbonyl (C=O) groups is 1. The Kier molecular flexibility index (Phi) is 4.66. The van der Waals surface area contributed by atoms with E-state index in [1.54, 1.807) is 0 Å². The highest BCUT2D eigenvalue weighted by Crippen LogP contribution is 2.26. The molecule has 0 unspecified atom stereocenters. The van der Waals surface area contributed by atoms with Gasteiger partial charge in [0.05, 0.1) is 13.2 Å². The number of allylic oxidation sites excluding steroid dienone is 1. The number of hydrogen-bond donors (Lipinski definition) is 0. The van der Waals surface area contributed by atoms with Crippen LogP contribution in [0.4, 0.5) is 0 Å². The zero-order valence-corrected chi connectivity index (χ0v) is 9.03. The van der Waals surface area contributed by atoms with Gasteiger partial charge in [0.1, 0.15) is 0 Å². The summed E-state index contributed by atoms with van der Waals surface area (Å²) in [4.78, 5) is 13.4. The molecule has 0 spiro atoms. The van der Waals surface area contributed by atoms with Gasteiger partial charge in [0.25, 0.3) is 0 Å². The van der Waals surface area contributed by atoms with Crippen molar-refractivity contribution < 1.29 is 9.53 Å². The third kappa shape index (κ3) is 3.92. The molecule has 0 N–H and O–H groups in total. The van der Waals surface area contributed by atoms with Crippen LogP contribution in [0.5, 0.6) is 0 Å². The summed E-state index contributed by atoms with van der Waals surface area (Å²) in [7, 11) is 0. The van der Waals surface area contributed by atoms with Crippen LogP contribution < -0.4 is 0 Å². The van der Waals surface area contributed by atoms with Gasteiger partial charge in [-0.3, -0.25) is 9.69 Å². The minimum Gasteiger partial charge on any atom is -0.465 e. The number of rotatable bonds is 6. The van der Waals surface area contributed by atoms with Crippen molar-refractivity contribution in [2.24, 2.45) is 0 Å². The Bertz CT molecular complexity index is 209. The van der Waals surface area contributed by atoms with Crippen LogP contribution in [0.1, 0.15) is 26.7 Å². The zero-order valence-electron chi connectivity index (χ0n) is 9.03. The van der Waals surface area contributed by atoms with Gasteiger partial charge in [0.15, 0.2) is 0 Å². The van der Waals surface area contributed by atoms with Gasteiger partial charge in [0.2, 0.25) is 0 Å². The summed E-state index contributed by atoms with van der Waals surface area (Å²) in [5, 5.41) is 0. The molecule has 0 radical (unpaired) electrons. The third-order valence-corrected chi connectivity index (χ3v) is 2.28. The quantitative estimate of drug-likeness (QED) is 0.478. The Balaban J connectivity index is 2.30. The molecule has 0 aromatic heterocycles. The van der Waals surface area contributed by atoms with Crippen LogP contribution in [0.3, 0.4) is 0 Å². The van der Waals surface area contributed by atoms with E-state index in [4.69, 9.17) is 4.74 Å². The summed E-state index contributed by atoms with van der Waals surface area (Å²) < 4.78 is 4.93. The van der Waals surface area contributed by atoms with E-state index < -0.39 is 0 Å². The van der Waals surface area contributed by atoms with Crippen molar-refractivity contribution in [3.8, 4) is 0 Å². The molecule has 0 saturated heterocycles. The molecule has 0 aliphatic heterocycles. The summed E-state index contributed by atoms with van der Waals surface area (Å²) >= 11 is 0. The molecule has 0 amide bonds. The van der Waals surface area contributed by atoms with Gasteiger partial charge in [-0.05, 0) is 26.7 Å². The minimum absolute atomic E-state index is 0.107. The van der Waals surface area contributed by atoms with Crippen LogP contribution in [-0.4, -0.2) is 36.6 Å². The van der Waals surface area contributed by atoms with Crippen LogP contribution in [-0.2, 0) is 9.53 Å². The Morgan fingerprint density at radius 3 is 2.79 bits per heavy atom. The largest absolute Gasteiger partial charge is 0.465 e. The predicted molar refractivity (Wildman–Crippen MR) is 56.0 cm³/mol. The Morgan fingerprint density at radius 2 is 2.29 bits per heavy atom. The molecule has 1 aliphatic carbocycles. The molecule has 1 fully saturated rings. The summed E-state index contributed by atoms with van der Waals surface area (Å²) in [5.41, 5.74) is 0. The highest BCUT2D eigenvalue weighted by atomic mass is 16.5. The topological polar surface area (TPSA) is 29.5 Å². The van der Waals surface area contributed by atoms with E-state index in [0.29, 0.717) is 19.2 Å². The summed E-state index contributed by atoms with van der Waals surface area (Å²) in [6, 6.07) is 0.607. The average Bonchev–Trinajstić information content (AvgIpc) is 2.95. The van der Waals surface area contributed by atoms with E-state index in [-0.39, 0.29) is 5.97 Å².